The molecule has 0 aliphatic heterocycles. The van der Waals surface area contributed by atoms with Gasteiger partial charge in [-0.15, -0.1) is 0 Å². The first kappa shape index (κ1) is 16.3. The van der Waals surface area contributed by atoms with Crippen LogP contribution in [0.3, 0.4) is 0 Å². The summed E-state index contributed by atoms with van der Waals surface area (Å²) < 4.78 is 28.1. The summed E-state index contributed by atoms with van der Waals surface area (Å²) in [5.74, 6) is -5.19. The molecule has 3 N–H and O–H groups in total. The first-order valence-electron chi connectivity index (χ1n) is 6.40. The van der Waals surface area contributed by atoms with E-state index in [1.165, 1.54) is 12.1 Å². The molecule has 0 aliphatic rings. The van der Waals surface area contributed by atoms with E-state index in [1.807, 2.05) is 0 Å². The second-order valence-corrected chi connectivity index (χ2v) is 4.61. The van der Waals surface area contributed by atoms with Gasteiger partial charge in [0.15, 0.2) is 12.0 Å². The quantitative estimate of drug-likeness (QED) is 0.516. The predicted molar refractivity (Wildman–Crippen MR) is 74.0 cm³/mol. The lowest BCUT2D eigenvalue weighted by Crippen LogP contribution is -2.41. The largest absolute Gasteiger partial charge is 0.618 e. The van der Waals surface area contributed by atoms with Gasteiger partial charge in [-0.25, -0.2) is 4.98 Å². The van der Waals surface area contributed by atoms with Gasteiger partial charge in [-0.3, -0.25) is 9.59 Å². The Morgan fingerprint density at radius 3 is 2.87 bits per heavy atom. The Morgan fingerprint density at radius 1 is 1.48 bits per heavy atom. The van der Waals surface area contributed by atoms with Crippen LogP contribution in [0.25, 0.3) is 0 Å². The number of hydrogen-bond acceptors (Lipinski definition) is 5. The Labute approximate surface area is 128 Å². The normalized spacial score (nSPS) is 11.2. The third-order valence-corrected chi connectivity index (χ3v) is 2.85. The summed E-state index contributed by atoms with van der Waals surface area (Å²) in [4.78, 5) is 28.0. The van der Waals surface area contributed by atoms with Gasteiger partial charge in [-0.1, -0.05) is 0 Å². The Balaban J connectivity index is 2.18. The van der Waals surface area contributed by atoms with Crippen LogP contribution in [0.1, 0.15) is 11.4 Å². The number of carboxylic acids is 1. The topological polar surface area (TPSA) is 122 Å². The molecule has 2 heterocycles. The Kier molecular flexibility index (Phi) is 4.53. The summed E-state index contributed by atoms with van der Waals surface area (Å²) in [7, 11) is 0. The van der Waals surface area contributed by atoms with E-state index in [2.05, 4.69) is 15.3 Å². The molecule has 0 fully saturated rings. The van der Waals surface area contributed by atoms with Crippen molar-refractivity contribution in [3.8, 4) is 0 Å². The van der Waals surface area contributed by atoms with Crippen molar-refractivity contribution in [1.29, 1.82) is 0 Å². The molecular weight excluding hydrogens is 314 g/mol. The molecule has 2 aromatic heterocycles. The van der Waals surface area contributed by atoms with Crippen molar-refractivity contribution in [2.24, 2.45) is 0 Å². The standard InChI is InChI=1S/C13H12F2N4O4/c14-13(15,9-3-1-2-4-19(9)23)7-17-11-12(22)16-6-8(18-11)5-10(20)21/h1-4,6H,5,7H2,(H,16,22)(H,17,18)(H,20,21). The van der Waals surface area contributed by atoms with Gasteiger partial charge in [0.2, 0.25) is 0 Å². The minimum absolute atomic E-state index is 0.00140. The molecule has 10 heteroatoms. The molecule has 2 aromatic rings. The molecule has 0 aromatic carbocycles. The third kappa shape index (κ3) is 3.99. The average molecular weight is 326 g/mol. The van der Waals surface area contributed by atoms with E-state index in [0.29, 0.717) is 0 Å². The van der Waals surface area contributed by atoms with Crippen molar-refractivity contribution in [3.05, 3.63) is 57.5 Å². The molecule has 0 radical (unpaired) electrons. The number of aliphatic carboxylic acids is 1. The van der Waals surface area contributed by atoms with E-state index in [-0.39, 0.29) is 10.4 Å². The van der Waals surface area contributed by atoms with Crippen LogP contribution in [0.4, 0.5) is 14.6 Å². The number of carboxylic acid groups (broad SMARTS) is 1. The fraction of sp³-hybridized carbons (Fsp3) is 0.231. The number of aromatic nitrogens is 3. The van der Waals surface area contributed by atoms with Crippen molar-refractivity contribution in [3.63, 3.8) is 0 Å². The van der Waals surface area contributed by atoms with E-state index >= 15 is 0 Å². The maximum Gasteiger partial charge on any atom is 0.347 e. The molecular formula is C13H12F2N4O4. The van der Waals surface area contributed by atoms with Gasteiger partial charge < -0.3 is 20.6 Å². The van der Waals surface area contributed by atoms with Crippen LogP contribution in [-0.2, 0) is 17.1 Å². The molecule has 122 valence electrons. The first-order chi connectivity index (χ1) is 10.8. The van der Waals surface area contributed by atoms with Crippen LogP contribution in [0.15, 0.2) is 35.4 Å². The molecule has 2 rings (SSSR count). The molecule has 0 saturated heterocycles. The van der Waals surface area contributed by atoms with E-state index in [9.17, 15) is 23.6 Å². The lowest BCUT2D eigenvalue weighted by atomic mass is 10.2. The highest BCUT2D eigenvalue weighted by Gasteiger charge is 2.39. The Hall–Kier alpha value is -3.04. The lowest BCUT2D eigenvalue weighted by molar-refractivity contribution is -0.624. The van der Waals surface area contributed by atoms with E-state index in [1.54, 1.807) is 0 Å². The Morgan fingerprint density at radius 2 is 2.22 bits per heavy atom. The second-order valence-electron chi connectivity index (χ2n) is 4.61. The van der Waals surface area contributed by atoms with Crippen LogP contribution in [0.5, 0.6) is 0 Å². The van der Waals surface area contributed by atoms with Gasteiger partial charge in [0, 0.05) is 18.3 Å². The number of H-pyrrole nitrogens is 1. The van der Waals surface area contributed by atoms with Crippen molar-refractivity contribution >= 4 is 11.8 Å². The van der Waals surface area contributed by atoms with E-state index < -0.39 is 41.9 Å². The summed E-state index contributed by atoms with van der Waals surface area (Å²) in [6.07, 6.45) is 1.55. The van der Waals surface area contributed by atoms with Gasteiger partial charge in [0.25, 0.3) is 11.3 Å². The second kappa shape index (κ2) is 6.38. The zero-order valence-corrected chi connectivity index (χ0v) is 11.6. The smallest absolute Gasteiger partial charge is 0.347 e. The highest BCUT2D eigenvalue weighted by Crippen LogP contribution is 2.24. The number of nitrogens with one attached hydrogen (secondary N) is 2. The number of rotatable bonds is 6. The molecule has 0 atom stereocenters. The molecule has 0 saturated carbocycles. The maximum atomic E-state index is 14.0. The summed E-state index contributed by atoms with van der Waals surface area (Å²) in [5.41, 5.74) is -1.56. The highest BCUT2D eigenvalue weighted by molar-refractivity contribution is 5.69. The summed E-state index contributed by atoms with van der Waals surface area (Å²) in [6.45, 7) is -1.05. The van der Waals surface area contributed by atoms with Crippen LogP contribution in [-0.4, -0.2) is 27.6 Å². The number of anilines is 1. The fourth-order valence-electron chi connectivity index (χ4n) is 1.81. The zero-order valence-electron chi connectivity index (χ0n) is 11.6. The van der Waals surface area contributed by atoms with Gasteiger partial charge in [0.05, 0.1) is 18.7 Å². The number of pyridine rings is 1. The van der Waals surface area contributed by atoms with Crippen LogP contribution >= 0.6 is 0 Å². The van der Waals surface area contributed by atoms with E-state index in [4.69, 9.17) is 5.11 Å². The molecule has 0 spiro atoms. The Bertz CT molecular complexity index is 779. The van der Waals surface area contributed by atoms with E-state index in [0.717, 1.165) is 18.5 Å². The SMILES string of the molecule is O=C(O)Cc1c[nH]c(=O)c(NCC(F)(F)c2cccc[n+]2[O-])n1. The zero-order chi connectivity index (χ0) is 17.0. The van der Waals surface area contributed by atoms with Crippen molar-refractivity contribution in [1.82, 2.24) is 9.97 Å². The van der Waals surface area contributed by atoms with Gasteiger partial charge in [0.1, 0.15) is 0 Å². The minimum atomic E-state index is -3.56. The van der Waals surface area contributed by atoms with Crippen LogP contribution in [0, 0.1) is 5.21 Å². The molecule has 0 bridgehead atoms. The number of alkyl halides is 2. The number of hydrogen-bond donors (Lipinski definition) is 3. The highest BCUT2D eigenvalue weighted by atomic mass is 19.3. The maximum absolute atomic E-state index is 14.0. The van der Waals surface area contributed by atoms with Crippen molar-refractivity contribution in [2.45, 2.75) is 12.3 Å². The minimum Gasteiger partial charge on any atom is -0.618 e. The van der Waals surface area contributed by atoms with Crippen molar-refractivity contribution in [2.75, 3.05) is 11.9 Å². The monoisotopic (exact) mass is 326 g/mol. The molecule has 0 unspecified atom stereocenters. The van der Waals surface area contributed by atoms with Crippen LogP contribution in [0.2, 0.25) is 0 Å². The van der Waals surface area contributed by atoms with Gasteiger partial charge >= 0.3 is 11.9 Å². The first-order valence-corrected chi connectivity index (χ1v) is 6.40. The van der Waals surface area contributed by atoms with Crippen LogP contribution < -0.4 is 15.6 Å². The number of nitrogens with zero attached hydrogens (tertiary/aromatic N) is 2. The molecule has 0 aliphatic carbocycles. The van der Waals surface area contributed by atoms with Crippen molar-refractivity contribution < 1.29 is 23.4 Å². The summed E-state index contributed by atoms with van der Waals surface area (Å²) in [5, 5.41) is 22.2. The third-order valence-electron chi connectivity index (χ3n) is 2.85. The average Bonchev–Trinajstić information content (AvgIpc) is 2.47. The fourth-order valence-corrected chi connectivity index (χ4v) is 1.81. The number of carbonyl (C=O) groups is 1. The number of aromatic amines is 1. The molecule has 8 nitrogen and oxygen atoms in total. The molecule has 0 amide bonds. The molecule has 23 heavy (non-hydrogen) atoms. The number of halogens is 2. The summed E-state index contributed by atoms with van der Waals surface area (Å²) >= 11 is 0. The van der Waals surface area contributed by atoms with Gasteiger partial charge in [-0.2, -0.15) is 13.5 Å². The lowest BCUT2D eigenvalue weighted by Gasteiger charge is -2.16. The summed E-state index contributed by atoms with van der Waals surface area (Å²) in [6, 6.07) is 3.56. The predicted octanol–water partition coefficient (Wildman–Crippen LogP) is 0.234. The van der Waals surface area contributed by atoms with Gasteiger partial charge in [-0.05, 0) is 6.07 Å².